The van der Waals surface area contributed by atoms with Gasteiger partial charge in [-0.25, -0.2) is 4.68 Å². The SMILES string of the molecule is Cn1nnnc1CC1CCCNC1. The number of aryl methyl sites for hydroxylation is 1. The van der Waals surface area contributed by atoms with Gasteiger partial charge in [0.2, 0.25) is 0 Å². The van der Waals surface area contributed by atoms with Gasteiger partial charge in [0.05, 0.1) is 0 Å². The lowest BCUT2D eigenvalue weighted by Gasteiger charge is -2.21. The molecule has 1 saturated heterocycles. The first-order valence-corrected chi connectivity index (χ1v) is 4.78. The maximum absolute atomic E-state index is 3.98. The van der Waals surface area contributed by atoms with Crippen LogP contribution in [-0.2, 0) is 13.5 Å². The van der Waals surface area contributed by atoms with Crippen molar-refractivity contribution in [1.29, 1.82) is 0 Å². The van der Waals surface area contributed by atoms with Crippen molar-refractivity contribution in [2.45, 2.75) is 19.3 Å². The first-order valence-electron chi connectivity index (χ1n) is 4.78. The normalized spacial score (nSPS) is 23.3. The predicted octanol–water partition coefficient (Wildman–Crippen LogP) is -0.248. The number of aromatic nitrogens is 4. The lowest BCUT2D eigenvalue weighted by Crippen LogP contribution is -2.31. The Hall–Kier alpha value is -0.970. The maximum atomic E-state index is 3.98. The van der Waals surface area contributed by atoms with Crippen LogP contribution in [0.15, 0.2) is 0 Å². The molecule has 1 aliphatic heterocycles. The molecular formula is C8H15N5. The Kier molecular flexibility index (Phi) is 2.54. The molecule has 2 rings (SSSR count). The molecule has 72 valence electrons. The van der Waals surface area contributed by atoms with Crippen molar-refractivity contribution in [2.24, 2.45) is 13.0 Å². The van der Waals surface area contributed by atoms with E-state index in [2.05, 4.69) is 20.8 Å². The highest BCUT2D eigenvalue weighted by molar-refractivity contribution is 4.85. The molecule has 1 aromatic rings. The average Bonchev–Trinajstić information content (AvgIpc) is 2.54. The molecule has 1 N–H and O–H groups in total. The number of piperidine rings is 1. The fourth-order valence-corrected chi connectivity index (χ4v) is 1.78. The highest BCUT2D eigenvalue weighted by Gasteiger charge is 2.15. The summed E-state index contributed by atoms with van der Waals surface area (Å²) in [5, 5.41) is 14.8. The summed E-state index contributed by atoms with van der Waals surface area (Å²) < 4.78 is 1.76. The van der Waals surface area contributed by atoms with E-state index in [9.17, 15) is 0 Å². The summed E-state index contributed by atoms with van der Waals surface area (Å²) in [7, 11) is 1.89. The van der Waals surface area contributed by atoms with Crippen molar-refractivity contribution in [1.82, 2.24) is 25.5 Å². The van der Waals surface area contributed by atoms with Gasteiger partial charge < -0.3 is 5.32 Å². The molecule has 5 nitrogen and oxygen atoms in total. The van der Waals surface area contributed by atoms with Gasteiger partial charge in [-0.15, -0.1) is 5.10 Å². The van der Waals surface area contributed by atoms with Crippen molar-refractivity contribution < 1.29 is 0 Å². The number of hydrogen-bond acceptors (Lipinski definition) is 4. The lowest BCUT2D eigenvalue weighted by atomic mass is 9.96. The number of nitrogens with zero attached hydrogens (tertiary/aromatic N) is 4. The van der Waals surface area contributed by atoms with Gasteiger partial charge in [-0.05, 0) is 42.3 Å². The number of tetrazole rings is 1. The van der Waals surface area contributed by atoms with E-state index >= 15 is 0 Å². The lowest BCUT2D eigenvalue weighted by molar-refractivity contribution is 0.366. The molecule has 13 heavy (non-hydrogen) atoms. The zero-order valence-electron chi connectivity index (χ0n) is 7.90. The summed E-state index contributed by atoms with van der Waals surface area (Å²) >= 11 is 0. The van der Waals surface area contributed by atoms with Gasteiger partial charge in [-0.2, -0.15) is 0 Å². The Morgan fingerprint density at radius 2 is 2.54 bits per heavy atom. The van der Waals surface area contributed by atoms with Crippen LogP contribution in [0.3, 0.4) is 0 Å². The van der Waals surface area contributed by atoms with E-state index in [-0.39, 0.29) is 0 Å². The molecule has 2 heterocycles. The Bertz CT molecular complexity index is 263. The summed E-state index contributed by atoms with van der Waals surface area (Å²) in [6.07, 6.45) is 3.56. The molecule has 0 aromatic carbocycles. The smallest absolute Gasteiger partial charge is 0.151 e. The van der Waals surface area contributed by atoms with Crippen LogP contribution in [0, 0.1) is 5.92 Å². The Morgan fingerprint density at radius 1 is 1.62 bits per heavy atom. The van der Waals surface area contributed by atoms with Gasteiger partial charge in [0, 0.05) is 13.5 Å². The van der Waals surface area contributed by atoms with Gasteiger partial charge in [0.25, 0.3) is 0 Å². The van der Waals surface area contributed by atoms with Gasteiger partial charge in [0.1, 0.15) is 0 Å². The third-order valence-electron chi connectivity index (χ3n) is 2.58. The van der Waals surface area contributed by atoms with E-state index in [1.807, 2.05) is 7.05 Å². The highest BCUT2D eigenvalue weighted by Crippen LogP contribution is 2.13. The molecular weight excluding hydrogens is 166 g/mol. The topological polar surface area (TPSA) is 55.6 Å². The van der Waals surface area contributed by atoms with Crippen LogP contribution in [0.2, 0.25) is 0 Å². The molecule has 1 aromatic heterocycles. The first-order chi connectivity index (χ1) is 6.36. The minimum absolute atomic E-state index is 0.707. The number of hydrogen-bond donors (Lipinski definition) is 1. The van der Waals surface area contributed by atoms with Crippen LogP contribution in [0.4, 0.5) is 0 Å². The molecule has 0 spiro atoms. The average molecular weight is 181 g/mol. The zero-order valence-corrected chi connectivity index (χ0v) is 7.90. The summed E-state index contributed by atoms with van der Waals surface area (Å²) in [6.45, 7) is 2.26. The van der Waals surface area contributed by atoms with Crippen molar-refractivity contribution in [3.05, 3.63) is 5.82 Å². The van der Waals surface area contributed by atoms with Gasteiger partial charge in [-0.1, -0.05) is 0 Å². The van der Waals surface area contributed by atoms with Crippen LogP contribution in [0.1, 0.15) is 18.7 Å². The second kappa shape index (κ2) is 3.83. The molecule has 0 saturated carbocycles. The van der Waals surface area contributed by atoms with E-state index in [1.165, 1.54) is 12.8 Å². The number of rotatable bonds is 2. The minimum atomic E-state index is 0.707. The molecule has 1 atom stereocenters. The molecule has 0 amide bonds. The second-order valence-electron chi connectivity index (χ2n) is 3.64. The Labute approximate surface area is 77.5 Å². The third kappa shape index (κ3) is 2.03. The number of nitrogens with one attached hydrogen (secondary N) is 1. The van der Waals surface area contributed by atoms with Gasteiger partial charge >= 0.3 is 0 Å². The summed E-state index contributed by atoms with van der Waals surface area (Å²) in [5.41, 5.74) is 0. The van der Waals surface area contributed by atoms with Crippen molar-refractivity contribution in [3.63, 3.8) is 0 Å². The summed E-state index contributed by atoms with van der Waals surface area (Å²) in [5.74, 6) is 1.70. The van der Waals surface area contributed by atoms with Crippen LogP contribution < -0.4 is 5.32 Å². The van der Waals surface area contributed by atoms with Crippen molar-refractivity contribution >= 4 is 0 Å². The van der Waals surface area contributed by atoms with Crippen LogP contribution in [0.5, 0.6) is 0 Å². The third-order valence-corrected chi connectivity index (χ3v) is 2.58. The van der Waals surface area contributed by atoms with E-state index < -0.39 is 0 Å². The Morgan fingerprint density at radius 3 is 3.15 bits per heavy atom. The zero-order chi connectivity index (χ0) is 9.10. The summed E-state index contributed by atoms with van der Waals surface area (Å²) in [4.78, 5) is 0. The standard InChI is InChI=1S/C8H15N5/c1-13-8(10-11-12-13)5-7-3-2-4-9-6-7/h7,9H,2-6H2,1H3. The van der Waals surface area contributed by atoms with Crippen molar-refractivity contribution in [2.75, 3.05) is 13.1 Å². The van der Waals surface area contributed by atoms with Crippen molar-refractivity contribution in [3.8, 4) is 0 Å². The van der Waals surface area contributed by atoms with Crippen LogP contribution >= 0.6 is 0 Å². The van der Waals surface area contributed by atoms with Gasteiger partial charge in [-0.3, -0.25) is 0 Å². The highest BCUT2D eigenvalue weighted by atomic mass is 15.5. The predicted molar refractivity (Wildman–Crippen MR) is 48.1 cm³/mol. The molecule has 1 aliphatic rings. The monoisotopic (exact) mass is 181 g/mol. The molecule has 1 fully saturated rings. The molecule has 0 aliphatic carbocycles. The molecule has 1 unspecified atom stereocenters. The second-order valence-corrected chi connectivity index (χ2v) is 3.64. The van der Waals surface area contributed by atoms with Crippen LogP contribution in [0.25, 0.3) is 0 Å². The Balaban J connectivity index is 1.93. The van der Waals surface area contributed by atoms with E-state index in [0.29, 0.717) is 5.92 Å². The molecule has 0 bridgehead atoms. The van der Waals surface area contributed by atoms with Crippen LogP contribution in [-0.4, -0.2) is 33.3 Å². The fraction of sp³-hybridized carbons (Fsp3) is 0.875. The maximum Gasteiger partial charge on any atom is 0.151 e. The molecule has 5 heteroatoms. The summed E-state index contributed by atoms with van der Waals surface area (Å²) in [6, 6.07) is 0. The molecule has 0 radical (unpaired) electrons. The largest absolute Gasteiger partial charge is 0.316 e. The minimum Gasteiger partial charge on any atom is -0.316 e. The van der Waals surface area contributed by atoms with E-state index in [4.69, 9.17) is 0 Å². The van der Waals surface area contributed by atoms with E-state index in [1.54, 1.807) is 4.68 Å². The van der Waals surface area contributed by atoms with E-state index in [0.717, 1.165) is 25.3 Å². The van der Waals surface area contributed by atoms with Gasteiger partial charge in [0.15, 0.2) is 5.82 Å². The first kappa shape index (κ1) is 8.62. The fourth-order valence-electron chi connectivity index (χ4n) is 1.78. The quantitative estimate of drug-likeness (QED) is 0.683.